The minimum absolute atomic E-state index is 0.0856. The minimum atomic E-state index is -0.466. The molecule has 1 amide bonds. The summed E-state index contributed by atoms with van der Waals surface area (Å²) in [5.41, 5.74) is 0.413. The zero-order chi connectivity index (χ0) is 13.8. The van der Waals surface area contributed by atoms with Crippen LogP contribution in [-0.4, -0.2) is 31.6 Å². The number of amides is 1. The monoisotopic (exact) mass is 266 g/mol. The molecule has 1 aliphatic rings. The molecule has 0 aromatic heterocycles. The molecule has 0 radical (unpaired) electrons. The topological polar surface area (TPSA) is 50.4 Å². The van der Waals surface area contributed by atoms with Crippen LogP contribution in [0.25, 0.3) is 0 Å². The molecule has 0 aliphatic carbocycles. The molecule has 1 heterocycles. The van der Waals surface area contributed by atoms with E-state index in [1.165, 1.54) is 25.3 Å². The predicted octanol–water partition coefficient (Wildman–Crippen LogP) is 1.70. The van der Waals surface area contributed by atoms with E-state index in [9.17, 15) is 9.18 Å². The van der Waals surface area contributed by atoms with Gasteiger partial charge < -0.3 is 15.4 Å². The standard InChI is InChI=1S/C14H19FN2O2/c1-9-12(4-3-7-16-9)17-14(18)10-5-6-11(15)13(8-10)19-2/h5-6,8-9,12,16H,3-4,7H2,1-2H3,(H,17,18). The summed E-state index contributed by atoms with van der Waals surface area (Å²) in [4.78, 5) is 12.1. The predicted molar refractivity (Wildman–Crippen MR) is 70.9 cm³/mol. The van der Waals surface area contributed by atoms with Crippen molar-refractivity contribution in [3.8, 4) is 5.75 Å². The summed E-state index contributed by atoms with van der Waals surface area (Å²) in [6.45, 7) is 3.03. The lowest BCUT2D eigenvalue weighted by molar-refractivity contribution is 0.0919. The van der Waals surface area contributed by atoms with Gasteiger partial charge in [0.1, 0.15) is 0 Å². The molecule has 0 spiro atoms. The first-order chi connectivity index (χ1) is 9.11. The Labute approximate surface area is 112 Å². The van der Waals surface area contributed by atoms with E-state index >= 15 is 0 Å². The second-order valence-electron chi connectivity index (χ2n) is 4.81. The Hall–Kier alpha value is -1.62. The van der Waals surface area contributed by atoms with Gasteiger partial charge in [-0.05, 0) is 44.5 Å². The smallest absolute Gasteiger partial charge is 0.251 e. The third kappa shape index (κ3) is 3.23. The Morgan fingerprint density at radius 1 is 1.53 bits per heavy atom. The number of hydrogen-bond donors (Lipinski definition) is 2. The lowest BCUT2D eigenvalue weighted by atomic mass is 9.99. The number of benzene rings is 1. The molecule has 104 valence electrons. The summed E-state index contributed by atoms with van der Waals surface area (Å²) in [5, 5.41) is 6.30. The lowest BCUT2D eigenvalue weighted by Crippen LogP contribution is -2.51. The molecule has 4 nitrogen and oxygen atoms in total. The van der Waals surface area contributed by atoms with Crippen molar-refractivity contribution in [3.05, 3.63) is 29.6 Å². The van der Waals surface area contributed by atoms with E-state index in [-0.39, 0.29) is 23.7 Å². The molecule has 1 aromatic rings. The van der Waals surface area contributed by atoms with Crippen LogP contribution in [0.15, 0.2) is 18.2 Å². The summed E-state index contributed by atoms with van der Waals surface area (Å²) in [6.07, 6.45) is 2.00. The normalized spacial score (nSPS) is 22.9. The van der Waals surface area contributed by atoms with E-state index in [0.29, 0.717) is 5.56 Å². The van der Waals surface area contributed by atoms with Crippen LogP contribution in [0.4, 0.5) is 4.39 Å². The number of nitrogens with one attached hydrogen (secondary N) is 2. The zero-order valence-corrected chi connectivity index (χ0v) is 11.2. The highest BCUT2D eigenvalue weighted by molar-refractivity contribution is 5.94. The second-order valence-corrected chi connectivity index (χ2v) is 4.81. The third-order valence-corrected chi connectivity index (χ3v) is 3.49. The first kappa shape index (κ1) is 13.8. The van der Waals surface area contributed by atoms with Crippen LogP contribution in [0.3, 0.4) is 0 Å². The van der Waals surface area contributed by atoms with Gasteiger partial charge in [0.05, 0.1) is 7.11 Å². The highest BCUT2D eigenvalue weighted by Gasteiger charge is 2.23. The summed E-state index contributed by atoms with van der Waals surface area (Å²) in [6, 6.07) is 4.49. The molecule has 0 saturated carbocycles. The molecule has 19 heavy (non-hydrogen) atoms. The molecule has 0 bridgehead atoms. The molecule has 1 aliphatic heterocycles. The number of halogens is 1. The number of piperidine rings is 1. The first-order valence-electron chi connectivity index (χ1n) is 6.49. The van der Waals surface area contributed by atoms with Gasteiger partial charge in [0.15, 0.2) is 11.6 Å². The van der Waals surface area contributed by atoms with Crippen molar-refractivity contribution in [2.75, 3.05) is 13.7 Å². The molecule has 1 fully saturated rings. The fourth-order valence-corrected chi connectivity index (χ4v) is 2.29. The van der Waals surface area contributed by atoms with Crippen molar-refractivity contribution < 1.29 is 13.9 Å². The fraction of sp³-hybridized carbons (Fsp3) is 0.500. The summed E-state index contributed by atoms with van der Waals surface area (Å²) in [7, 11) is 1.38. The van der Waals surface area contributed by atoms with E-state index in [4.69, 9.17) is 4.74 Å². The van der Waals surface area contributed by atoms with E-state index in [1.54, 1.807) is 0 Å². The quantitative estimate of drug-likeness (QED) is 0.875. The molecule has 2 rings (SSSR count). The van der Waals surface area contributed by atoms with E-state index < -0.39 is 5.82 Å². The van der Waals surface area contributed by atoms with Crippen LogP contribution in [0, 0.1) is 5.82 Å². The van der Waals surface area contributed by atoms with Crippen LogP contribution in [-0.2, 0) is 0 Å². The third-order valence-electron chi connectivity index (χ3n) is 3.49. The van der Waals surface area contributed by atoms with E-state index in [0.717, 1.165) is 19.4 Å². The molecule has 5 heteroatoms. The highest BCUT2D eigenvalue weighted by Crippen LogP contribution is 2.18. The van der Waals surface area contributed by atoms with Gasteiger partial charge in [0.2, 0.25) is 0 Å². The molecular formula is C14H19FN2O2. The van der Waals surface area contributed by atoms with Crippen molar-refractivity contribution in [1.29, 1.82) is 0 Å². The molecular weight excluding hydrogens is 247 g/mol. The molecule has 2 unspecified atom stereocenters. The van der Waals surface area contributed by atoms with Gasteiger partial charge in [0, 0.05) is 17.6 Å². The number of methoxy groups -OCH3 is 1. The molecule has 1 aromatic carbocycles. The first-order valence-corrected chi connectivity index (χ1v) is 6.49. The van der Waals surface area contributed by atoms with Crippen LogP contribution in [0.2, 0.25) is 0 Å². The minimum Gasteiger partial charge on any atom is -0.494 e. The van der Waals surface area contributed by atoms with Gasteiger partial charge in [-0.15, -0.1) is 0 Å². The van der Waals surface area contributed by atoms with E-state index in [2.05, 4.69) is 17.6 Å². The van der Waals surface area contributed by atoms with Gasteiger partial charge in [-0.3, -0.25) is 4.79 Å². The largest absolute Gasteiger partial charge is 0.494 e. The fourth-order valence-electron chi connectivity index (χ4n) is 2.29. The Kier molecular flexibility index (Phi) is 4.37. The van der Waals surface area contributed by atoms with E-state index in [1.807, 2.05) is 0 Å². The van der Waals surface area contributed by atoms with Crippen molar-refractivity contribution in [2.45, 2.75) is 31.8 Å². The van der Waals surface area contributed by atoms with Crippen molar-refractivity contribution in [3.63, 3.8) is 0 Å². The Morgan fingerprint density at radius 3 is 3.00 bits per heavy atom. The van der Waals surface area contributed by atoms with Crippen LogP contribution in [0.1, 0.15) is 30.1 Å². The highest BCUT2D eigenvalue weighted by atomic mass is 19.1. The van der Waals surface area contributed by atoms with Gasteiger partial charge in [-0.25, -0.2) is 4.39 Å². The molecule has 2 N–H and O–H groups in total. The number of rotatable bonds is 3. The van der Waals surface area contributed by atoms with Gasteiger partial charge in [0.25, 0.3) is 5.91 Å². The molecule has 2 atom stereocenters. The number of carbonyl (C=O) groups excluding carboxylic acids is 1. The molecule has 1 saturated heterocycles. The Balaban J connectivity index is 2.07. The van der Waals surface area contributed by atoms with Crippen LogP contribution >= 0.6 is 0 Å². The maximum absolute atomic E-state index is 13.3. The van der Waals surface area contributed by atoms with Gasteiger partial charge in [-0.2, -0.15) is 0 Å². The average Bonchev–Trinajstić information content (AvgIpc) is 2.42. The average molecular weight is 266 g/mol. The van der Waals surface area contributed by atoms with Crippen LogP contribution in [0.5, 0.6) is 5.75 Å². The second kappa shape index (κ2) is 6.02. The summed E-state index contributed by atoms with van der Waals surface area (Å²) < 4.78 is 18.2. The van der Waals surface area contributed by atoms with Crippen LogP contribution < -0.4 is 15.4 Å². The summed E-state index contributed by atoms with van der Waals surface area (Å²) in [5.74, 6) is -0.576. The maximum Gasteiger partial charge on any atom is 0.251 e. The van der Waals surface area contributed by atoms with Crippen molar-refractivity contribution in [2.24, 2.45) is 0 Å². The number of ether oxygens (including phenoxy) is 1. The number of carbonyl (C=O) groups is 1. The van der Waals surface area contributed by atoms with Crippen molar-refractivity contribution >= 4 is 5.91 Å². The maximum atomic E-state index is 13.3. The van der Waals surface area contributed by atoms with Gasteiger partial charge >= 0.3 is 0 Å². The lowest BCUT2D eigenvalue weighted by Gasteiger charge is -2.30. The summed E-state index contributed by atoms with van der Waals surface area (Å²) >= 11 is 0. The van der Waals surface area contributed by atoms with Crippen molar-refractivity contribution in [1.82, 2.24) is 10.6 Å². The zero-order valence-electron chi connectivity index (χ0n) is 11.2. The van der Waals surface area contributed by atoms with Gasteiger partial charge in [-0.1, -0.05) is 0 Å². The number of hydrogen-bond acceptors (Lipinski definition) is 3. The Morgan fingerprint density at radius 2 is 2.32 bits per heavy atom. The SMILES string of the molecule is COc1cc(C(=O)NC2CCCNC2C)ccc1F. The Bertz CT molecular complexity index is 465.